The monoisotopic (exact) mass is 180 g/mol. The summed E-state index contributed by atoms with van der Waals surface area (Å²) in [6.07, 6.45) is 4.03. The van der Waals surface area contributed by atoms with Crippen molar-refractivity contribution in [2.45, 2.75) is 71.2 Å². The van der Waals surface area contributed by atoms with E-state index in [0.717, 1.165) is 0 Å². The lowest BCUT2D eigenvalue weighted by Crippen LogP contribution is -2.24. The molecule has 0 aliphatic rings. The molecule has 0 radical (unpaired) electrons. The molecular weight excluding hydrogens is 154 g/mol. The molecule has 0 bridgehead atoms. The Morgan fingerprint density at radius 2 is 1.15 bits per heavy atom. The molecule has 0 amide bonds. The molecule has 0 aromatic rings. The first-order valence-electron chi connectivity index (χ1n) is 5.95. The molecule has 13 heavy (non-hydrogen) atoms. The summed E-state index contributed by atoms with van der Waals surface area (Å²) in [6, 6.07) is 0. The van der Waals surface area contributed by atoms with Crippen molar-refractivity contribution in [2.24, 2.45) is 0 Å². The van der Waals surface area contributed by atoms with Crippen LogP contribution in [0, 0.1) is 0 Å². The highest BCUT2D eigenvalue weighted by Crippen LogP contribution is 2.47. The van der Waals surface area contributed by atoms with Gasteiger partial charge in [-0.25, -0.2) is 0 Å². The summed E-state index contributed by atoms with van der Waals surface area (Å²) >= 11 is 0. The summed E-state index contributed by atoms with van der Waals surface area (Å²) in [7, 11) is 2.64. The fraction of sp³-hybridized carbons (Fsp3) is 1.00. The van der Waals surface area contributed by atoms with E-state index in [9.17, 15) is 0 Å². The second-order valence-corrected chi connectivity index (χ2v) is 5.21. The summed E-state index contributed by atoms with van der Waals surface area (Å²) in [5, 5.41) is 1.14. The topological polar surface area (TPSA) is 0 Å². The van der Waals surface area contributed by atoms with Crippen molar-refractivity contribution in [2.75, 3.05) is 0 Å². The highest BCUT2D eigenvalue weighted by molar-refractivity contribution is 6.40. The molecule has 0 heterocycles. The van der Waals surface area contributed by atoms with Crippen LogP contribution in [0.5, 0.6) is 0 Å². The first kappa shape index (κ1) is 13.1. The lowest BCUT2D eigenvalue weighted by molar-refractivity contribution is 0.423. The molecule has 0 fully saturated rings. The van der Waals surface area contributed by atoms with Crippen molar-refractivity contribution < 1.29 is 0 Å². The van der Waals surface area contributed by atoms with Crippen LogP contribution in [0.25, 0.3) is 0 Å². The van der Waals surface area contributed by atoms with Gasteiger partial charge in [0, 0.05) is 0 Å². The molecule has 0 saturated heterocycles. The number of rotatable bonds is 6. The van der Waals surface area contributed by atoms with Gasteiger partial charge in [0.2, 0.25) is 0 Å². The van der Waals surface area contributed by atoms with Crippen LogP contribution < -0.4 is 0 Å². The Bertz CT molecular complexity index is 119. The second kappa shape index (κ2) is 5.12. The van der Waals surface area contributed by atoms with Gasteiger partial charge in [-0.3, -0.25) is 0 Å². The zero-order valence-corrected chi connectivity index (χ0v) is 10.5. The Hall–Kier alpha value is 0.130. The van der Waals surface area contributed by atoms with Gasteiger partial charge in [0.15, 0.2) is 0 Å². The Morgan fingerprint density at radius 1 is 0.846 bits per heavy atom. The molecule has 1 unspecified atom stereocenters. The average molecular weight is 180 g/mol. The van der Waals surface area contributed by atoms with Crippen LogP contribution in [-0.2, 0) is 0 Å². The largest absolute Gasteiger partial charge is 0.124 e. The average Bonchev–Trinajstić information content (AvgIpc) is 2.17. The summed E-state index contributed by atoms with van der Waals surface area (Å²) < 4.78 is 0. The van der Waals surface area contributed by atoms with Gasteiger partial charge in [-0.1, -0.05) is 71.2 Å². The van der Waals surface area contributed by atoms with Crippen LogP contribution >= 0.6 is 0 Å². The normalized spacial score (nSPS) is 20.2. The minimum atomic E-state index is 0.570. The Balaban J connectivity index is 4.36. The van der Waals surface area contributed by atoms with Crippen LogP contribution in [0.3, 0.4) is 0 Å². The maximum absolute atomic E-state index is 2.44. The van der Waals surface area contributed by atoms with Crippen LogP contribution in [0.15, 0.2) is 0 Å². The van der Waals surface area contributed by atoms with Gasteiger partial charge in [0.05, 0.1) is 0 Å². The van der Waals surface area contributed by atoms with Gasteiger partial charge in [-0.05, 0) is 0 Å². The molecule has 0 rings (SSSR count). The van der Waals surface area contributed by atoms with E-state index < -0.39 is 0 Å². The zero-order chi connectivity index (χ0) is 10.5. The zero-order valence-electron chi connectivity index (χ0n) is 10.5. The molecule has 76 valence electrons. The third-order valence-electron chi connectivity index (χ3n) is 4.27. The van der Waals surface area contributed by atoms with Crippen LogP contribution in [0.2, 0.25) is 24.3 Å². The summed E-state index contributed by atoms with van der Waals surface area (Å²) in [5.74, 6) is 0. The van der Waals surface area contributed by atoms with Crippen molar-refractivity contribution in [3.63, 3.8) is 0 Å². The second-order valence-electron chi connectivity index (χ2n) is 5.21. The molecule has 0 aliphatic heterocycles. The smallest absolute Gasteiger partial charge is 0.0889 e. The molecular formula is C11H26B2. The predicted molar refractivity (Wildman–Crippen MR) is 68.0 cm³/mol. The number of hydrogen-bond acceptors (Lipinski definition) is 0. The molecule has 0 nitrogen and oxygen atoms in total. The van der Waals surface area contributed by atoms with Gasteiger partial charge < -0.3 is 0 Å². The van der Waals surface area contributed by atoms with E-state index in [4.69, 9.17) is 0 Å². The van der Waals surface area contributed by atoms with Gasteiger partial charge in [0.1, 0.15) is 14.6 Å². The Labute approximate surface area is 86.4 Å². The maximum Gasteiger partial charge on any atom is 0.124 e. The SMILES string of the molecule is CBC(C)(CC)C[C@](C)(BC)CC. The van der Waals surface area contributed by atoms with E-state index in [1.165, 1.54) is 33.8 Å². The molecule has 0 aromatic heterocycles. The van der Waals surface area contributed by atoms with Crippen molar-refractivity contribution in [3.05, 3.63) is 0 Å². The summed E-state index contributed by atoms with van der Waals surface area (Å²) in [4.78, 5) is 0. The molecule has 0 aromatic carbocycles. The summed E-state index contributed by atoms with van der Waals surface area (Å²) in [6.45, 7) is 14.2. The molecule has 0 aliphatic carbocycles. The quantitative estimate of drug-likeness (QED) is 0.548. The van der Waals surface area contributed by atoms with Crippen molar-refractivity contribution in [3.8, 4) is 0 Å². The van der Waals surface area contributed by atoms with Crippen molar-refractivity contribution in [1.82, 2.24) is 0 Å². The van der Waals surface area contributed by atoms with Gasteiger partial charge in [-0.15, -0.1) is 0 Å². The molecule has 0 spiro atoms. The Morgan fingerprint density at radius 3 is 1.31 bits per heavy atom. The van der Waals surface area contributed by atoms with Crippen LogP contribution in [-0.4, -0.2) is 14.6 Å². The third kappa shape index (κ3) is 3.79. The lowest BCUT2D eigenvalue weighted by atomic mass is 9.42. The van der Waals surface area contributed by atoms with E-state index in [-0.39, 0.29) is 0 Å². The van der Waals surface area contributed by atoms with E-state index in [1.807, 2.05) is 0 Å². The minimum Gasteiger partial charge on any atom is -0.0889 e. The lowest BCUT2D eigenvalue weighted by Gasteiger charge is -2.37. The van der Waals surface area contributed by atoms with Gasteiger partial charge >= 0.3 is 0 Å². The molecule has 0 N–H and O–H groups in total. The standard InChI is InChI=1S/C11H26B2/c1-7-10(3,12-5)9-11(4,8-2)13-6/h12-13H,7-9H2,1-6H3/t10-,11?/m1/s1. The van der Waals surface area contributed by atoms with Gasteiger partial charge in [-0.2, -0.15) is 0 Å². The van der Waals surface area contributed by atoms with E-state index in [0.29, 0.717) is 10.6 Å². The minimum absolute atomic E-state index is 0.570. The fourth-order valence-electron chi connectivity index (χ4n) is 2.03. The Kier molecular flexibility index (Phi) is 5.17. The molecule has 2 heteroatoms. The number of hydrogen-bond donors (Lipinski definition) is 0. The van der Waals surface area contributed by atoms with Crippen molar-refractivity contribution in [1.29, 1.82) is 0 Å². The van der Waals surface area contributed by atoms with E-state index in [1.54, 1.807) is 0 Å². The van der Waals surface area contributed by atoms with Gasteiger partial charge in [0.25, 0.3) is 0 Å². The third-order valence-corrected chi connectivity index (χ3v) is 4.27. The van der Waals surface area contributed by atoms with Crippen LogP contribution in [0.1, 0.15) is 47.0 Å². The fourth-order valence-corrected chi connectivity index (χ4v) is 2.03. The summed E-state index contributed by atoms with van der Waals surface area (Å²) in [5.41, 5.74) is 0. The highest BCUT2D eigenvalue weighted by Gasteiger charge is 2.31. The molecule has 2 atom stereocenters. The molecule has 0 saturated carbocycles. The maximum atomic E-state index is 2.44. The van der Waals surface area contributed by atoms with E-state index in [2.05, 4.69) is 41.3 Å². The first-order valence-corrected chi connectivity index (χ1v) is 5.95. The van der Waals surface area contributed by atoms with Crippen molar-refractivity contribution >= 4 is 14.6 Å². The first-order chi connectivity index (χ1) is 5.95. The highest BCUT2D eigenvalue weighted by atomic mass is 14.3. The predicted octanol–water partition coefficient (Wildman–Crippen LogP) is 3.52. The van der Waals surface area contributed by atoms with E-state index >= 15 is 0 Å². The van der Waals surface area contributed by atoms with Crippen LogP contribution in [0.4, 0.5) is 0 Å².